The first-order chi connectivity index (χ1) is 15.0. The highest BCUT2D eigenvalue weighted by atomic mass is 19.4. The van der Waals surface area contributed by atoms with E-state index in [1.54, 1.807) is 0 Å². The highest BCUT2D eigenvalue weighted by molar-refractivity contribution is 5.97. The minimum absolute atomic E-state index is 0.00798. The Morgan fingerprint density at radius 3 is 2.25 bits per heavy atom. The predicted molar refractivity (Wildman–Crippen MR) is 112 cm³/mol. The van der Waals surface area contributed by atoms with E-state index in [0.717, 1.165) is 18.6 Å². The first-order valence-corrected chi connectivity index (χ1v) is 10.1. The molecule has 0 saturated heterocycles. The van der Waals surface area contributed by atoms with Crippen molar-refractivity contribution >= 4 is 23.0 Å². The lowest BCUT2D eigenvalue weighted by Gasteiger charge is -2.16. The van der Waals surface area contributed by atoms with E-state index in [4.69, 9.17) is 5.73 Å². The van der Waals surface area contributed by atoms with Crippen LogP contribution in [0.3, 0.4) is 0 Å². The minimum Gasteiger partial charge on any atom is -0.395 e. The Balaban J connectivity index is 2.00. The third-order valence-corrected chi connectivity index (χ3v) is 4.85. The average molecular weight is 461 g/mol. The molecule has 0 fully saturated rings. The van der Waals surface area contributed by atoms with Gasteiger partial charge in [0.15, 0.2) is 5.82 Å². The van der Waals surface area contributed by atoms with Crippen molar-refractivity contribution in [3.8, 4) is 0 Å². The fourth-order valence-electron chi connectivity index (χ4n) is 2.95. The fraction of sp³-hybridized carbons (Fsp3) is 0.409. The molecule has 0 heterocycles. The SMILES string of the molecule is CCCCC[C@H](F)[C@@H](F)C(=O)Nc1ccc(NCc2ccc(C(F)(F)F)cc2)c(F)c1N. The topological polar surface area (TPSA) is 67.2 Å². The lowest BCUT2D eigenvalue weighted by molar-refractivity contribution is -0.137. The molecule has 32 heavy (non-hydrogen) atoms. The van der Waals surface area contributed by atoms with Crippen LogP contribution in [0.1, 0.15) is 43.7 Å². The quantitative estimate of drug-likeness (QED) is 0.223. The Bertz CT molecular complexity index is 902. The summed E-state index contributed by atoms with van der Waals surface area (Å²) in [5.74, 6) is -2.20. The van der Waals surface area contributed by atoms with Crippen molar-refractivity contribution < 1.29 is 31.1 Å². The maximum absolute atomic E-state index is 14.5. The number of alkyl halides is 5. The maximum atomic E-state index is 14.5. The lowest BCUT2D eigenvalue weighted by atomic mass is 10.1. The third kappa shape index (κ3) is 6.80. The molecule has 2 aromatic carbocycles. The van der Waals surface area contributed by atoms with E-state index in [1.807, 2.05) is 6.92 Å². The van der Waals surface area contributed by atoms with E-state index in [2.05, 4.69) is 10.6 Å². The fourth-order valence-corrected chi connectivity index (χ4v) is 2.95. The molecule has 0 saturated carbocycles. The van der Waals surface area contributed by atoms with E-state index in [9.17, 15) is 31.1 Å². The maximum Gasteiger partial charge on any atom is 0.416 e. The van der Waals surface area contributed by atoms with Crippen LogP contribution in [0.15, 0.2) is 36.4 Å². The summed E-state index contributed by atoms with van der Waals surface area (Å²) in [6.45, 7) is 1.92. The van der Waals surface area contributed by atoms with Crippen molar-refractivity contribution in [2.45, 2.75) is 57.7 Å². The molecule has 0 radical (unpaired) electrons. The van der Waals surface area contributed by atoms with E-state index in [1.165, 1.54) is 24.3 Å². The number of halogens is 6. The van der Waals surface area contributed by atoms with Crippen molar-refractivity contribution in [2.24, 2.45) is 0 Å². The molecule has 0 bridgehead atoms. The number of nitrogen functional groups attached to an aromatic ring is 1. The lowest BCUT2D eigenvalue weighted by Crippen LogP contribution is -2.32. The van der Waals surface area contributed by atoms with E-state index in [-0.39, 0.29) is 24.3 Å². The second-order valence-corrected chi connectivity index (χ2v) is 7.34. The molecule has 176 valence electrons. The zero-order chi connectivity index (χ0) is 23.9. The number of anilines is 3. The minimum atomic E-state index is -4.46. The molecule has 0 unspecified atom stereocenters. The van der Waals surface area contributed by atoms with Gasteiger partial charge in [-0.05, 0) is 36.2 Å². The Morgan fingerprint density at radius 1 is 1.03 bits per heavy atom. The van der Waals surface area contributed by atoms with Gasteiger partial charge in [0.2, 0.25) is 6.17 Å². The van der Waals surface area contributed by atoms with Crippen molar-refractivity contribution in [3.05, 3.63) is 53.3 Å². The van der Waals surface area contributed by atoms with Crippen LogP contribution in [-0.2, 0) is 17.5 Å². The largest absolute Gasteiger partial charge is 0.416 e. The van der Waals surface area contributed by atoms with Crippen LogP contribution in [0, 0.1) is 5.82 Å². The smallest absolute Gasteiger partial charge is 0.395 e. The van der Waals surface area contributed by atoms with Gasteiger partial charge in [-0.3, -0.25) is 4.79 Å². The highest BCUT2D eigenvalue weighted by Crippen LogP contribution is 2.31. The van der Waals surface area contributed by atoms with Crippen molar-refractivity contribution in [2.75, 3.05) is 16.4 Å². The van der Waals surface area contributed by atoms with Gasteiger partial charge in [-0.15, -0.1) is 0 Å². The zero-order valence-electron chi connectivity index (χ0n) is 17.4. The van der Waals surface area contributed by atoms with Crippen molar-refractivity contribution in [1.82, 2.24) is 0 Å². The molecule has 2 aromatic rings. The summed E-state index contributed by atoms with van der Waals surface area (Å²) in [7, 11) is 0. The molecule has 1 amide bonds. The molecule has 2 rings (SSSR count). The summed E-state index contributed by atoms with van der Waals surface area (Å²) in [4.78, 5) is 11.9. The molecule has 0 aliphatic carbocycles. The Hall–Kier alpha value is -2.91. The average Bonchev–Trinajstić information content (AvgIpc) is 2.75. The van der Waals surface area contributed by atoms with Crippen LogP contribution >= 0.6 is 0 Å². The Morgan fingerprint density at radius 2 is 1.66 bits per heavy atom. The van der Waals surface area contributed by atoms with Crippen LogP contribution in [0.2, 0.25) is 0 Å². The van der Waals surface area contributed by atoms with Crippen LogP contribution in [0.4, 0.5) is 43.4 Å². The molecule has 0 aromatic heterocycles. The van der Waals surface area contributed by atoms with Gasteiger partial charge in [0.05, 0.1) is 22.6 Å². The summed E-state index contributed by atoms with van der Waals surface area (Å²) < 4.78 is 80.2. The van der Waals surface area contributed by atoms with Crippen LogP contribution in [0.5, 0.6) is 0 Å². The number of unbranched alkanes of at least 4 members (excludes halogenated alkanes) is 2. The van der Waals surface area contributed by atoms with Gasteiger partial charge in [0.1, 0.15) is 6.17 Å². The Labute approximate surface area is 182 Å². The normalized spacial score (nSPS) is 13.5. The summed E-state index contributed by atoms with van der Waals surface area (Å²) in [6.07, 6.45) is -6.95. The molecule has 0 aliphatic rings. The van der Waals surface area contributed by atoms with Crippen LogP contribution < -0.4 is 16.4 Å². The third-order valence-electron chi connectivity index (χ3n) is 4.85. The number of rotatable bonds is 10. The highest BCUT2D eigenvalue weighted by Gasteiger charge is 2.30. The van der Waals surface area contributed by atoms with Crippen molar-refractivity contribution in [1.29, 1.82) is 0 Å². The number of amides is 1. The van der Waals surface area contributed by atoms with Gasteiger partial charge in [-0.25, -0.2) is 13.2 Å². The van der Waals surface area contributed by atoms with E-state index < -0.39 is 41.5 Å². The number of nitrogens with one attached hydrogen (secondary N) is 2. The van der Waals surface area contributed by atoms with Gasteiger partial charge in [0.25, 0.3) is 5.91 Å². The zero-order valence-corrected chi connectivity index (χ0v) is 17.4. The monoisotopic (exact) mass is 461 g/mol. The van der Waals surface area contributed by atoms with Gasteiger partial charge in [0, 0.05) is 6.54 Å². The number of carbonyl (C=O) groups excluding carboxylic acids is 1. The summed E-state index contributed by atoms with van der Waals surface area (Å²) in [5.41, 5.74) is 4.57. The predicted octanol–water partition coefficient (Wildman–Crippen LogP) is 6.23. The first kappa shape index (κ1) is 25.4. The van der Waals surface area contributed by atoms with Crippen LogP contribution in [0.25, 0.3) is 0 Å². The Kier molecular flexibility index (Phi) is 8.80. The molecule has 2 atom stereocenters. The number of carbonyl (C=O) groups is 1. The standard InChI is InChI=1S/C22H25F6N3O/c1-2-3-4-5-15(23)18(24)21(32)31-17-11-10-16(19(25)20(17)29)30-12-13-6-8-14(9-7-13)22(26,27)28/h6-11,15,18,30H,2-5,12,29H2,1H3,(H,31,32)/t15-,18+/m0/s1. The molecule has 4 nitrogen and oxygen atoms in total. The number of benzene rings is 2. The number of nitrogens with two attached hydrogens (primary N) is 1. The van der Waals surface area contributed by atoms with Gasteiger partial charge in [-0.2, -0.15) is 13.2 Å². The number of hydrogen-bond acceptors (Lipinski definition) is 3. The summed E-state index contributed by atoms with van der Waals surface area (Å²) >= 11 is 0. The molecule has 10 heteroatoms. The van der Waals surface area contributed by atoms with Crippen LogP contribution in [-0.4, -0.2) is 18.3 Å². The van der Waals surface area contributed by atoms with Gasteiger partial charge in [-0.1, -0.05) is 38.3 Å². The molecular weight excluding hydrogens is 436 g/mol. The summed E-state index contributed by atoms with van der Waals surface area (Å²) in [5, 5.41) is 4.79. The molecule has 4 N–H and O–H groups in total. The second kappa shape index (κ2) is 11.1. The van der Waals surface area contributed by atoms with E-state index in [0.29, 0.717) is 18.4 Å². The number of hydrogen-bond donors (Lipinski definition) is 3. The van der Waals surface area contributed by atoms with Gasteiger partial charge >= 0.3 is 6.18 Å². The first-order valence-electron chi connectivity index (χ1n) is 10.1. The van der Waals surface area contributed by atoms with Gasteiger partial charge < -0.3 is 16.4 Å². The summed E-state index contributed by atoms with van der Waals surface area (Å²) in [6, 6.07) is 6.78. The molecule has 0 spiro atoms. The van der Waals surface area contributed by atoms with E-state index >= 15 is 0 Å². The molecule has 0 aliphatic heterocycles. The molecular formula is C22H25F6N3O. The van der Waals surface area contributed by atoms with Crippen molar-refractivity contribution in [3.63, 3.8) is 0 Å². The second-order valence-electron chi connectivity index (χ2n) is 7.34.